The van der Waals surface area contributed by atoms with Gasteiger partial charge in [-0.05, 0) is 43.7 Å². The third kappa shape index (κ3) is 4.94. The highest BCUT2D eigenvalue weighted by molar-refractivity contribution is 5.77. The molecular formula is C20H27N5O3. The SMILES string of the molecule is O=C(COCC1CCCO1)NC1CCC(n2nnc(-c3ccccc3)n2)CC1. The summed E-state index contributed by atoms with van der Waals surface area (Å²) in [4.78, 5) is 13.8. The Balaban J connectivity index is 1.19. The zero-order valence-corrected chi connectivity index (χ0v) is 16.0. The van der Waals surface area contributed by atoms with Gasteiger partial charge in [0.1, 0.15) is 6.61 Å². The van der Waals surface area contributed by atoms with Crippen molar-refractivity contribution < 1.29 is 14.3 Å². The van der Waals surface area contributed by atoms with Crippen LogP contribution in [0.4, 0.5) is 0 Å². The van der Waals surface area contributed by atoms with Gasteiger partial charge in [0.15, 0.2) is 0 Å². The van der Waals surface area contributed by atoms with Crippen LogP contribution in [0.5, 0.6) is 0 Å². The summed E-state index contributed by atoms with van der Waals surface area (Å²) in [6.07, 6.45) is 5.91. The molecule has 0 radical (unpaired) electrons. The van der Waals surface area contributed by atoms with Gasteiger partial charge in [-0.15, -0.1) is 10.2 Å². The highest BCUT2D eigenvalue weighted by Gasteiger charge is 2.25. The summed E-state index contributed by atoms with van der Waals surface area (Å²) in [6.45, 7) is 1.41. The van der Waals surface area contributed by atoms with E-state index in [1.54, 1.807) is 4.80 Å². The number of hydrogen-bond acceptors (Lipinski definition) is 6. The van der Waals surface area contributed by atoms with Gasteiger partial charge < -0.3 is 14.8 Å². The molecule has 28 heavy (non-hydrogen) atoms. The molecule has 1 unspecified atom stereocenters. The predicted octanol–water partition coefficient (Wildman–Crippen LogP) is 2.14. The molecular weight excluding hydrogens is 358 g/mol. The lowest BCUT2D eigenvalue weighted by molar-refractivity contribution is -0.127. The fraction of sp³-hybridized carbons (Fsp3) is 0.600. The second-order valence-corrected chi connectivity index (χ2v) is 7.52. The number of tetrazole rings is 1. The molecule has 2 heterocycles. The lowest BCUT2D eigenvalue weighted by atomic mass is 9.91. The minimum Gasteiger partial charge on any atom is -0.376 e. The highest BCUT2D eigenvalue weighted by atomic mass is 16.5. The summed E-state index contributed by atoms with van der Waals surface area (Å²) < 4.78 is 11.0. The molecule has 8 nitrogen and oxygen atoms in total. The molecule has 1 saturated carbocycles. The number of nitrogens with zero attached hydrogens (tertiary/aromatic N) is 4. The molecule has 1 aromatic carbocycles. The van der Waals surface area contributed by atoms with Crippen LogP contribution in [0.25, 0.3) is 11.4 Å². The topological polar surface area (TPSA) is 91.2 Å². The van der Waals surface area contributed by atoms with Crippen LogP contribution in [0.3, 0.4) is 0 Å². The van der Waals surface area contributed by atoms with Crippen molar-refractivity contribution in [1.29, 1.82) is 0 Å². The molecule has 8 heteroatoms. The molecule has 150 valence electrons. The Kier molecular flexibility index (Phi) is 6.28. The number of amides is 1. The standard InChI is InChI=1S/C20H27N5O3/c26-19(14-27-13-18-7-4-12-28-18)21-16-8-10-17(11-9-16)25-23-20(22-24-25)15-5-2-1-3-6-15/h1-3,5-6,16-18H,4,7-14H2,(H,21,26). The molecule has 2 aliphatic rings. The van der Waals surface area contributed by atoms with E-state index in [1.807, 2.05) is 30.3 Å². The Morgan fingerprint density at radius 2 is 2.00 bits per heavy atom. The second kappa shape index (κ2) is 9.25. The molecule has 2 fully saturated rings. The molecule has 0 bridgehead atoms. The van der Waals surface area contributed by atoms with Crippen molar-refractivity contribution in [3.63, 3.8) is 0 Å². The number of aromatic nitrogens is 4. The monoisotopic (exact) mass is 385 g/mol. The molecule has 0 spiro atoms. The van der Waals surface area contributed by atoms with E-state index in [-0.39, 0.29) is 30.7 Å². The van der Waals surface area contributed by atoms with Gasteiger partial charge >= 0.3 is 0 Å². The lowest BCUT2D eigenvalue weighted by Crippen LogP contribution is -2.40. The number of nitrogens with one attached hydrogen (secondary N) is 1. The number of benzene rings is 1. The Hall–Kier alpha value is -2.32. The number of carbonyl (C=O) groups is 1. The Bertz CT molecular complexity index is 752. The van der Waals surface area contributed by atoms with E-state index in [9.17, 15) is 4.79 Å². The second-order valence-electron chi connectivity index (χ2n) is 7.52. The van der Waals surface area contributed by atoms with Crippen LogP contribution in [-0.4, -0.2) is 58.1 Å². The molecule has 1 amide bonds. The highest BCUT2D eigenvalue weighted by Crippen LogP contribution is 2.27. The minimum absolute atomic E-state index is 0.0494. The summed E-state index contributed by atoms with van der Waals surface area (Å²) >= 11 is 0. The van der Waals surface area contributed by atoms with E-state index in [4.69, 9.17) is 9.47 Å². The van der Waals surface area contributed by atoms with Gasteiger partial charge in [-0.2, -0.15) is 4.80 Å². The van der Waals surface area contributed by atoms with Crippen LogP contribution in [0.2, 0.25) is 0 Å². The van der Waals surface area contributed by atoms with Crippen LogP contribution in [0, 0.1) is 0 Å². The molecule has 1 aromatic heterocycles. The van der Waals surface area contributed by atoms with Crippen LogP contribution < -0.4 is 5.32 Å². The summed E-state index contributed by atoms with van der Waals surface area (Å²) in [7, 11) is 0. The first kappa shape index (κ1) is 19.0. The largest absolute Gasteiger partial charge is 0.376 e. The molecule has 4 rings (SSSR count). The fourth-order valence-corrected chi connectivity index (χ4v) is 3.86. The van der Waals surface area contributed by atoms with Crippen molar-refractivity contribution in [3.05, 3.63) is 30.3 Å². The predicted molar refractivity (Wildman–Crippen MR) is 102 cm³/mol. The number of carbonyl (C=O) groups excluding carboxylic acids is 1. The first-order chi connectivity index (χ1) is 13.8. The van der Waals surface area contributed by atoms with Gasteiger partial charge in [0.2, 0.25) is 11.7 Å². The van der Waals surface area contributed by atoms with Gasteiger partial charge in [-0.1, -0.05) is 30.3 Å². The molecule has 2 aromatic rings. The molecule has 1 aliphatic heterocycles. The molecule has 1 atom stereocenters. The van der Waals surface area contributed by atoms with Crippen LogP contribution in [0.1, 0.15) is 44.6 Å². The number of rotatable bonds is 7. The maximum Gasteiger partial charge on any atom is 0.246 e. The van der Waals surface area contributed by atoms with Gasteiger partial charge in [0, 0.05) is 18.2 Å². The van der Waals surface area contributed by atoms with Gasteiger partial charge in [0.25, 0.3) is 0 Å². The molecule has 1 saturated heterocycles. The average molecular weight is 385 g/mol. The van der Waals surface area contributed by atoms with Gasteiger partial charge in [-0.3, -0.25) is 4.79 Å². The van der Waals surface area contributed by atoms with E-state index < -0.39 is 0 Å². The summed E-state index contributed by atoms with van der Waals surface area (Å²) in [5.41, 5.74) is 0.970. The van der Waals surface area contributed by atoms with E-state index in [0.29, 0.717) is 12.4 Å². The van der Waals surface area contributed by atoms with Crippen molar-refractivity contribution in [2.24, 2.45) is 0 Å². The summed E-state index contributed by atoms with van der Waals surface area (Å²) in [6, 6.07) is 10.3. The van der Waals surface area contributed by atoms with Gasteiger partial charge in [-0.25, -0.2) is 0 Å². The number of ether oxygens (including phenoxy) is 2. The fourth-order valence-electron chi connectivity index (χ4n) is 3.86. The zero-order chi connectivity index (χ0) is 19.2. The van der Waals surface area contributed by atoms with E-state index in [1.165, 1.54) is 0 Å². The third-order valence-corrected chi connectivity index (χ3v) is 5.41. The Morgan fingerprint density at radius 3 is 2.75 bits per heavy atom. The average Bonchev–Trinajstić information content (AvgIpc) is 3.42. The number of hydrogen-bond donors (Lipinski definition) is 1. The van der Waals surface area contributed by atoms with Crippen LogP contribution in [0.15, 0.2) is 30.3 Å². The first-order valence-electron chi connectivity index (χ1n) is 10.1. The molecule has 1 aliphatic carbocycles. The minimum atomic E-state index is -0.0494. The third-order valence-electron chi connectivity index (χ3n) is 5.41. The molecule has 1 N–H and O–H groups in total. The Morgan fingerprint density at radius 1 is 1.18 bits per heavy atom. The van der Waals surface area contributed by atoms with E-state index in [2.05, 4.69) is 20.7 Å². The van der Waals surface area contributed by atoms with E-state index in [0.717, 1.165) is 50.7 Å². The van der Waals surface area contributed by atoms with Gasteiger partial charge in [0.05, 0.1) is 18.8 Å². The summed E-state index contributed by atoms with van der Waals surface area (Å²) in [5.74, 6) is 0.603. The van der Waals surface area contributed by atoms with Crippen LogP contribution in [-0.2, 0) is 14.3 Å². The van der Waals surface area contributed by atoms with E-state index >= 15 is 0 Å². The van der Waals surface area contributed by atoms with Crippen molar-refractivity contribution in [2.45, 2.75) is 56.7 Å². The van der Waals surface area contributed by atoms with Crippen molar-refractivity contribution in [3.8, 4) is 11.4 Å². The first-order valence-corrected chi connectivity index (χ1v) is 10.1. The van der Waals surface area contributed by atoms with Crippen molar-refractivity contribution >= 4 is 5.91 Å². The van der Waals surface area contributed by atoms with Crippen molar-refractivity contribution in [1.82, 2.24) is 25.5 Å². The smallest absolute Gasteiger partial charge is 0.246 e. The lowest BCUT2D eigenvalue weighted by Gasteiger charge is -2.28. The van der Waals surface area contributed by atoms with Crippen molar-refractivity contribution in [2.75, 3.05) is 19.8 Å². The quantitative estimate of drug-likeness (QED) is 0.785. The van der Waals surface area contributed by atoms with Crippen LogP contribution >= 0.6 is 0 Å². The summed E-state index contributed by atoms with van der Waals surface area (Å²) in [5, 5.41) is 16.0. The maximum absolute atomic E-state index is 12.1. The Labute approximate surface area is 164 Å². The zero-order valence-electron chi connectivity index (χ0n) is 16.0. The normalized spacial score (nSPS) is 24.9. The maximum atomic E-state index is 12.1.